The first kappa shape index (κ1) is 24.5. The Morgan fingerprint density at radius 2 is 1.73 bits per heavy atom. The molecule has 0 amide bonds. The highest BCUT2D eigenvalue weighted by molar-refractivity contribution is 6.15. The fourth-order valence-corrected chi connectivity index (χ4v) is 4.59. The Balaban J connectivity index is 1.48. The lowest BCUT2D eigenvalue weighted by Crippen LogP contribution is -2.39. The number of nitrogens with zero attached hydrogens (tertiary/aromatic N) is 2. The molecule has 2 aromatic heterocycles. The van der Waals surface area contributed by atoms with Gasteiger partial charge in [-0.2, -0.15) is 0 Å². The molecule has 1 fully saturated rings. The summed E-state index contributed by atoms with van der Waals surface area (Å²) in [7, 11) is 0. The Labute approximate surface area is 212 Å². The van der Waals surface area contributed by atoms with Crippen LogP contribution in [0.4, 0.5) is 4.39 Å². The number of fused-ring (bicyclic) bond motifs is 1. The van der Waals surface area contributed by atoms with Gasteiger partial charge in [0.15, 0.2) is 11.6 Å². The van der Waals surface area contributed by atoms with E-state index in [4.69, 9.17) is 4.74 Å². The summed E-state index contributed by atoms with van der Waals surface area (Å²) < 4.78 is 21.1. The summed E-state index contributed by atoms with van der Waals surface area (Å²) in [5.74, 6) is -1.41. The minimum Gasteiger partial charge on any atom is -0.379 e. The van der Waals surface area contributed by atoms with E-state index in [-0.39, 0.29) is 5.56 Å². The molecule has 1 aliphatic heterocycles. The molecule has 1 N–H and O–H groups in total. The normalized spacial score (nSPS) is 14.4. The van der Waals surface area contributed by atoms with Gasteiger partial charge in [-0.1, -0.05) is 48.5 Å². The fourth-order valence-electron chi connectivity index (χ4n) is 4.59. The van der Waals surface area contributed by atoms with Gasteiger partial charge in [-0.15, -0.1) is 0 Å². The zero-order chi connectivity index (χ0) is 25.8. The molecule has 5 rings (SSSR count). The second kappa shape index (κ2) is 10.9. The lowest BCUT2D eigenvalue weighted by atomic mass is 9.94. The lowest BCUT2D eigenvalue weighted by molar-refractivity contribution is 0.0362. The van der Waals surface area contributed by atoms with Crippen LogP contribution < -0.4 is 11.1 Å². The van der Waals surface area contributed by atoms with Gasteiger partial charge in [0.1, 0.15) is 0 Å². The summed E-state index contributed by atoms with van der Waals surface area (Å²) in [6.07, 6.45) is 4.20. The number of rotatable bonds is 7. The molecule has 1 aliphatic rings. The number of morpholine rings is 1. The van der Waals surface area contributed by atoms with E-state index in [0.29, 0.717) is 42.9 Å². The van der Waals surface area contributed by atoms with Gasteiger partial charge in [0, 0.05) is 48.8 Å². The molecule has 7 nitrogen and oxygen atoms in total. The first-order valence-electron chi connectivity index (χ1n) is 12.1. The predicted molar refractivity (Wildman–Crippen MR) is 141 cm³/mol. The SMILES string of the molecule is O=C(/C=C/c1cc(F)c(=O)n(CCN2CCOCC2)c1)c1c(-c2ccccc2)c2ccccc2[nH]c1=O. The Hall–Kier alpha value is -4.14. The minimum atomic E-state index is -0.898. The van der Waals surface area contributed by atoms with Crippen molar-refractivity contribution in [3.8, 4) is 11.1 Å². The van der Waals surface area contributed by atoms with Gasteiger partial charge in [-0.05, 0) is 35.4 Å². The van der Waals surface area contributed by atoms with E-state index in [1.807, 2.05) is 48.5 Å². The zero-order valence-electron chi connectivity index (χ0n) is 20.2. The quantitative estimate of drug-likeness (QED) is 0.310. The third-order valence-electron chi connectivity index (χ3n) is 6.48. The van der Waals surface area contributed by atoms with Crippen LogP contribution >= 0.6 is 0 Å². The summed E-state index contributed by atoms with van der Waals surface area (Å²) >= 11 is 0. The van der Waals surface area contributed by atoms with E-state index in [9.17, 15) is 18.8 Å². The maximum atomic E-state index is 14.4. The number of carbonyl (C=O) groups is 1. The van der Waals surface area contributed by atoms with Crippen LogP contribution in [0.15, 0.2) is 82.5 Å². The van der Waals surface area contributed by atoms with Gasteiger partial charge >= 0.3 is 0 Å². The summed E-state index contributed by atoms with van der Waals surface area (Å²) in [4.78, 5) is 43.7. The van der Waals surface area contributed by atoms with Gasteiger partial charge in [-0.3, -0.25) is 19.3 Å². The predicted octanol–water partition coefficient (Wildman–Crippen LogP) is 3.72. The number of aromatic amines is 1. The molecule has 0 aliphatic carbocycles. The standard InChI is InChI=1S/C29H26FN3O4/c30-23-18-20(19-33(29(23)36)13-12-32-14-16-37-17-15-32)10-11-25(34)27-26(21-6-2-1-3-7-21)22-8-4-5-9-24(22)31-28(27)35/h1-11,18-19H,12-17H2,(H,31,35)/b11-10+. The van der Waals surface area contributed by atoms with Gasteiger partial charge in [0.2, 0.25) is 0 Å². The molecular formula is C29H26FN3O4. The van der Waals surface area contributed by atoms with E-state index < -0.39 is 22.7 Å². The zero-order valence-corrected chi connectivity index (χ0v) is 20.2. The van der Waals surface area contributed by atoms with Crippen molar-refractivity contribution >= 4 is 22.8 Å². The number of nitrogens with one attached hydrogen (secondary N) is 1. The molecule has 0 atom stereocenters. The molecule has 37 heavy (non-hydrogen) atoms. The Bertz CT molecular complexity index is 1580. The van der Waals surface area contributed by atoms with Crippen LogP contribution in [0.1, 0.15) is 15.9 Å². The van der Waals surface area contributed by atoms with E-state index in [0.717, 1.165) is 30.1 Å². The average molecular weight is 500 g/mol. The van der Waals surface area contributed by atoms with Crippen LogP contribution in [-0.2, 0) is 11.3 Å². The third kappa shape index (κ3) is 5.35. The molecule has 0 spiro atoms. The number of pyridine rings is 2. The molecule has 4 aromatic rings. The number of aromatic nitrogens is 2. The van der Waals surface area contributed by atoms with Crippen molar-refractivity contribution in [1.82, 2.24) is 14.5 Å². The molecular weight excluding hydrogens is 473 g/mol. The van der Waals surface area contributed by atoms with Crippen molar-refractivity contribution in [3.05, 3.63) is 111 Å². The highest BCUT2D eigenvalue weighted by atomic mass is 19.1. The highest BCUT2D eigenvalue weighted by Crippen LogP contribution is 2.29. The smallest absolute Gasteiger partial charge is 0.286 e. The number of allylic oxidation sites excluding steroid dienone is 1. The summed E-state index contributed by atoms with van der Waals surface area (Å²) in [5.41, 5.74) is 1.04. The number of para-hydroxylation sites is 1. The molecule has 188 valence electrons. The van der Waals surface area contributed by atoms with Crippen molar-refractivity contribution < 1.29 is 13.9 Å². The molecule has 1 saturated heterocycles. The number of hydrogen-bond acceptors (Lipinski definition) is 5. The topological polar surface area (TPSA) is 84.4 Å². The van der Waals surface area contributed by atoms with Crippen molar-refractivity contribution in [2.24, 2.45) is 0 Å². The number of ether oxygens (including phenoxy) is 1. The molecule has 3 heterocycles. The van der Waals surface area contributed by atoms with Gasteiger partial charge in [0.25, 0.3) is 11.1 Å². The second-order valence-corrected chi connectivity index (χ2v) is 8.89. The Kier molecular flexibility index (Phi) is 7.20. The number of hydrogen-bond donors (Lipinski definition) is 1. The number of carbonyl (C=O) groups excluding carboxylic acids is 1. The highest BCUT2D eigenvalue weighted by Gasteiger charge is 2.19. The van der Waals surface area contributed by atoms with Gasteiger partial charge < -0.3 is 14.3 Å². The largest absolute Gasteiger partial charge is 0.379 e. The van der Waals surface area contributed by atoms with Crippen LogP contribution in [0, 0.1) is 5.82 Å². The first-order chi connectivity index (χ1) is 18.0. The lowest BCUT2D eigenvalue weighted by Gasteiger charge is -2.26. The maximum absolute atomic E-state index is 14.4. The molecule has 2 aromatic carbocycles. The van der Waals surface area contributed by atoms with Crippen molar-refractivity contribution in [3.63, 3.8) is 0 Å². The second-order valence-electron chi connectivity index (χ2n) is 8.89. The van der Waals surface area contributed by atoms with Crippen LogP contribution in [0.25, 0.3) is 28.1 Å². The van der Waals surface area contributed by atoms with Gasteiger partial charge in [-0.25, -0.2) is 4.39 Å². The van der Waals surface area contributed by atoms with E-state index in [1.54, 1.807) is 6.07 Å². The number of benzene rings is 2. The number of halogens is 1. The molecule has 0 unspecified atom stereocenters. The van der Waals surface area contributed by atoms with E-state index in [1.165, 1.54) is 22.9 Å². The molecule has 0 bridgehead atoms. The van der Waals surface area contributed by atoms with Crippen LogP contribution in [-0.4, -0.2) is 53.1 Å². The number of H-pyrrole nitrogens is 1. The number of ketones is 1. The summed E-state index contributed by atoms with van der Waals surface area (Å²) in [6, 6.07) is 17.7. The van der Waals surface area contributed by atoms with Gasteiger partial charge in [0.05, 0.1) is 18.8 Å². The molecule has 0 radical (unpaired) electrons. The fraction of sp³-hybridized carbons (Fsp3) is 0.207. The Morgan fingerprint density at radius 3 is 2.51 bits per heavy atom. The first-order valence-corrected chi connectivity index (χ1v) is 12.1. The van der Waals surface area contributed by atoms with Crippen LogP contribution in [0.2, 0.25) is 0 Å². The maximum Gasteiger partial charge on any atom is 0.286 e. The van der Waals surface area contributed by atoms with Crippen molar-refractivity contribution in [2.75, 3.05) is 32.8 Å². The molecule has 0 saturated carbocycles. The monoisotopic (exact) mass is 499 g/mol. The summed E-state index contributed by atoms with van der Waals surface area (Å²) in [6.45, 7) is 3.68. The third-order valence-corrected chi connectivity index (χ3v) is 6.48. The van der Waals surface area contributed by atoms with E-state index in [2.05, 4.69) is 9.88 Å². The summed E-state index contributed by atoms with van der Waals surface area (Å²) in [5, 5.41) is 0.743. The van der Waals surface area contributed by atoms with Crippen molar-refractivity contribution in [2.45, 2.75) is 6.54 Å². The van der Waals surface area contributed by atoms with Crippen LogP contribution in [0.3, 0.4) is 0 Å². The van der Waals surface area contributed by atoms with E-state index >= 15 is 0 Å². The molecule has 8 heteroatoms. The Morgan fingerprint density at radius 1 is 1.00 bits per heavy atom. The van der Waals surface area contributed by atoms with Crippen molar-refractivity contribution in [1.29, 1.82) is 0 Å². The van der Waals surface area contributed by atoms with Crippen LogP contribution in [0.5, 0.6) is 0 Å². The minimum absolute atomic E-state index is 0.00209. The average Bonchev–Trinajstić information content (AvgIpc) is 2.93.